The molecular formula is C94H148Cl2N18O16. The third kappa shape index (κ3) is 38.6. The van der Waals surface area contributed by atoms with Gasteiger partial charge in [-0.2, -0.15) is 20.6 Å². The van der Waals surface area contributed by atoms with Gasteiger partial charge in [0.15, 0.2) is 64.4 Å². The molecule has 11 N–H and O–H groups in total. The second-order valence-corrected chi connectivity index (χ2v) is 36.6. The van der Waals surface area contributed by atoms with Crippen LogP contribution in [0.15, 0.2) is 56.7 Å². The highest BCUT2D eigenvalue weighted by molar-refractivity contribution is 6.38. The maximum atomic E-state index is 12.3. The molecule has 0 saturated heterocycles. The molecule has 130 heavy (non-hydrogen) atoms. The van der Waals surface area contributed by atoms with Crippen LogP contribution in [0, 0.1) is 46.3 Å². The van der Waals surface area contributed by atoms with E-state index in [4.69, 9.17) is 48.3 Å². The number of allylic oxidation sites excluding steroid dienone is 7. The molecule has 0 bridgehead atoms. The minimum absolute atomic E-state index is 0. The Labute approximate surface area is 780 Å². The van der Waals surface area contributed by atoms with Gasteiger partial charge >= 0.3 is 5.97 Å². The van der Waals surface area contributed by atoms with Gasteiger partial charge in [-0.25, -0.2) is 9.97 Å². The standard InChI is InChI=1S/C13H19N3O.C12H15N5.C11H17NO2.C10H14N2O.C9H11ClO2.C9H22N2O.2C9H12O3.C5H6O2.C4H7NO.C2H7N.CH5N3.ClH/c1-8(2)12-11-10(14-16(12)5)6-9(13(11)17)7-15(3)4;1-6(2)11-9-8(16-17(11)3)4-7-5-14-12(13)15-10(7)9;1-4-12-8-5-6-9(13)10(8)11(14)7(2)3;1-6(2)10-9-7(11-12(10)3)4-5-8(9)13;1-5(2)9(12)8-6(10)3-4-7(8)11;1-9(2,3)12-8(10(4)5)11(6)7;1-6(2)9(11)12-8-4-3-7(10)5-8;1-5(2)9(12)8-6(10)3-4-7(8)11;6-4-1-2-5(7)3-4;1-4(2,6)3-5;1-2-3;2-1(3)4;/h7-8H,6H2,1-5H3;5-6H,4H2,1-3H3,(H2,13,14,15);7,14H,4-6H2,1-3H3;6H,4-5H2,1-3H3;5H,3-4H2,1-2H3;8H,1-7H3;5-6H,3-4H2,1-2H3;5,8H,3-4H2,1-2H3;1-3H2;6H,1-2H3;2-3H2,1H3;(H5,2,3,4);1H/b9-7-;;;;;;;;;;;;. The highest BCUT2D eigenvalue weighted by Crippen LogP contribution is 2.40. The van der Waals surface area contributed by atoms with Crippen LogP contribution in [0.3, 0.4) is 0 Å². The topological polar surface area (TPSA) is 517 Å². The van der Waals surface area contributed by atoms with Crippen molar-refractivity contribution >= 4 is 111 Å². The number of nitrogens with two attached hydrogens (primary N) is 4. The number of hydrogen-bond donors (Lipinski definition) is 7. The minimum Gasteiger partial charge on any atom is -0.511 e. The van der Waals surface area contributed by atoms with Crippen LogP contribution in [-0.4, -0.2) is 218 Å². The summed E-state index contributed by atoms with van der Waals surface area (Å²) >= 11 is 5.75. The van der Waals surface area contributed by atoms with Crippen molar-refractivity contribution in [2.24, 2.45) is 72.9 Å². The summed E-state index contributed by atoms with van der Waals surface area (Å²) in [6.45, 7) is 41.3. The van der Waals surface area contributed by atoms with Crippen molar-refractivity contribution in [3.8, 4) is 17.3 Å². The van der Waals surface area contributed by atoms with Crippen molar-refractivity contribution in [1.82, 2.24) is 54.0 Å². The third-order valence-corrected chi connectivity index (χ3v) is 19.8. The number of nitrogen functional groups attached to an aromatic ring is 1. The molecule has 0 amide bonds. The molecule has 0 atom stereocenters. The zero-order chi connectivity index (χ0) is 99.6. The van der Waals surface area contributed by atoms with Crippen molar-refractivity contribution in [3.05, 3.63) is 103 Å². The van der Waals surface area contributed by atoms with Gasteiger partial charge in [-0.15, -0.1) is 12.4 Å². The van der Waals surface area contributed by atoms with Gasteiger partial charge in [-0.3, -0.25) is 91.8 Å². The molecule has 724 valence electrons. The SMILES string of the molecule is CC(C)(O)C#N.CC(C)C(=O)C1=C(Cl)CCC1=O.CC(C)C(=O)C1C(=O)CCC1=O.CC(C)C(=O)OC1=CC(=O)CC1.CC(C)c1c2c(nn1C)C/C(=C/N(C)C)C2=O.CC(C)c1c2c(nn1C)CCC2=O.CC(C)c1c2c(nn1C)Cc1cnc(N)nc1-2.CCN.CCN=C1CCC(=O)C1=C(O)C(C)C.CN(C)C(OC(C)(C)C)N(C)C.Cl.N=C(N)N.O=C1CCC(=O)C1. The lowest BCUT2D eigenvalue weighted by Crippen LogP contribution is -2.46. The van der Waals surface area contributed by atoms with Gasteiger partial charge in [-0.1, -0.05) is 115 Å². The van der Waals surface area contributed by atoms with Gasteiger partial charge in [0.05, 0.1) is 86.1 Å². The molecule has 36 heteroatoms. The number of hydrogen-bond acceptors (Lipinski definition) is 29. The summed E-state index contributed by atoms with van der Waals surface area (Å²) in [7, 11) is 17.7. The van der Waals surface area contributed by atoms with Crippen molar-refractivity contribution in [2.75, 3.05) is 61.1 Å². The fourth-order valence-electron chi connectivity index (χ4n) is 13.8. The minimum atomic E-state index is -1.15. The van der Waals surface area contributed by atoms with Gasteiger partial charge in [-0.05, 0) is 113 Å². The highest BCUT2D eigenvalue weighted by atomic mass is 35.5. The molecule has 3 fully saturated rings. The van der Waals surface area contributed by atoms with Crippen LogP contribution in [0.5, 0.6) is 0 Å². The Kier molecular flexibility index (Phi) is 51.4. The molecule has 34 nitrogen and oxygen atoms in total. The van der Waals surface area contributed by atoms with Gasteiger partial charge in [0, 0.05) is 176 Å². The molecule has 4 heterocycles. The number of fused-ring (bicyclic) bond motifs is 5. The predicted molar refractivity (Wildman–Crippen MR) is 508 cm³/mol. The Bertz CT molecular complexity index is 4790. The second kappa shape index (κ2) is 55.8. The summed E-state index contributed by atoms with van der Waals surface area (Å²) in [5.74, 6) is -0.0269. The van der Waals surface area contributed by atoms with Crippen molar-refractivity contribution < 1.29 is 77.2 Å². The number of nitrogens with one attached hydrogen (secondary N) is 1. The second-order valence-electron chi connectivity index (χ2n) is 36.1. The Hall–Kier alpha value is -10.3. The summed E-state index contributed by atoms with van der Waals surface area (Å²) < 4.78 is 16.4. The number of nitrogens with zero attached hydrogens (tertiary/aromatic N) is 13. The Morgan fingerprint density at radius 2 is 1.09 bits per heavy atom. The average Bonchev–Trinajstić information content (AvgIpc) is 1.59. The zero-order valence-electron chi connectivity index (χ0n) is 82.5. The largest absolute Gasteiger partial charge is 0.511 e. The number of Topliss-reactive ketones (excluding diaryl/α,β-unsaturated/α-hetero) is 10. The van der Waals surface area contributed by atoms with E-state index in [0.717, 1.165) is 87.1 Å². The first-order valence-corrected chi connectivity index (χ1v) is 44.2. The summed E-state index contributed by atoms with van der Waals surface area (Å²) in [5.41, 5.74) is 31.9. The number of aliphatic hydroxyl groups excluding tert-OH is 1. The monoisotopic (exact) mass is 1860 g/mol. The van der Waals surface area contributed by atoms with Crippen LogP contribution in [0.2, 0.25) is 0 Å². The van der Waals surface area contributed by atoms with Crippen molar-refractivity contribution in [3.63, 3.8) is 0 Å². The van der Waals surface area contributed by atoms with E-state index in [-0.39, 0.29) is 154 Å². The molecule has 0 radical (unpaired) electrons. The number of aliphatic imine (C=N–C) groups is 1. The van der Waals surface area contributed by atoms with E-state index in [1.807, 2.05) is 132 Å². The number of ether oxygens (including phenoxy) is 2. The number of rotatable bonds is 15. The third-order valence-electron chi connectivity index (χ3n) is 19.4. The lowest BCUT2D eigenvalue weighted by molar-refractivity contribution is -0.179. The molecule has 0 spiro atoms. The number of aromatic nitrogens is 8. The van der Waals surface area contributed by atoms with E-state index in [2.05, 4.69) is 104 Å². The molecule has 0 unspecified atom stereocenters. The first-order chi connectivity index (χ1) is 59.6. The van der Waals surface area contributed by atoms with Gasteiger partial charge in [0.2, 0.25) is 5.95 Å². The Balaban J connectivity index is 0.00000142. The van der Waals surface area contributed by atoms with Crippen molar-refractivity contribution in [1.29, 1.82) is 10.7 Å². The van der Waals surface area contributed by atoms with Crippen LogP contribution in [0.4, 0.5) is 5.95 Å². The summed E-state index contributed by atoms with van der Waals surface area (Å²) in [6, 6.07) is 1.66. The number of halogens is 2. The van der Waals surface area contributed by atoms with Crippen LogP contribution >= 0.6 is 24.0 Å². The average molecular weight is 1860 g/mol. The molecule has 8 aliphatic rings. The number of ketones is 11. The molecule has 4 aromatic heterocycles. The first kappa shape index (κ1) is 120. The first-order valence-electron chi connectivity index (χ1n) is 43.8. The fraction of sp³-hybridized carbons (Fsp3) is 0.617. The predicted octanol–water partition coefficient (Wildman–Crippen LogP) is 12.4. The van der Waals surface area contributed by atoms with Crippen LogP contribution in [-0.2, 0) is 97.8 Å². The van der Waals surface area contributed by atoms with E-state index in [1.54, 1.807) is 47.6 Å². The van der Waals surface area contributed by atoms with E-state index >= 15 is 0 Å². The van der Waals surface area contributed by atoms with Gasteiger partial charge in [0.1, 0.15) is 34.6 Å². The number of guanidine groups is 1. The van der Waals surface area contributed by atoms with E-state index in [1.165, 1.54) is 25.6 Å². The summed E-state index contributed by atoms with van der Waals surface area (Å²) in [5, 5.41) is 46.0. The number of aryl methyl sites for hydroxylation is 4. The van der Waals surface area contributed by atoms with Crippen LogP contribution < -0.4 is 22.9 Å². The maximum absolute atomic E-state index is 12.3. The lowest BCUT2D eigenvalue weighted by Gasteiger charge is -2.35. The Morgan fingerprint density at radius 3 is 1.46 bits per heavy atom. The van der Waals surface area contributed by atoms with E-state index in [0.29, 0.717) is 111 Å². The molecular weight excluding hydrogens is 1710 g/mol. The van der Waals surface area contributed by atoms with E-state index in [9.17, 15) is 62.6 Å². The van der Waals surface area contributed by atoms with Crippen LogP contribution in [0.25, 0.3) is 11.3 Å². The van der Waals surface area contributed by atoms with Gasteiger partial charge in [0.25, 0.3) is 0 Å². The highest BCUT2D eigenvalue weighted by Gasteiger charge is 2.40. The smallest absolute Gasteiger partial charge is 0.313 e. The number of carbonyl (C=O) groups excluding carboxylic acids is 12. The number of esters is 1. The quantitative estimate of drug-likeness (QED) is 0.00589. The summed E-state index contributed by atoms with van der Waals surface area (Å²) in [6.07, 6.45) is 12.9. The Morgan fingerprint density at radius 1 is 0.638 bits per heavy atom. The number of nitriles is 1. The fourth-order valence-corrected chi connectivity index (χ4v) is 14.1. The molecule has 3 saturated carbocycles. The lowest BCUT2D eigenvalue weighted by atomic mass is 9.93. The molecule has 8 aliphatic carbocycles. The molecule has 4 aromatic rings. The normalized spacial score (nSPS) is 16.2. The molecule has 0 aliphatic heterocycles. The number of aliphatic hydroxyl groups is 2. The van der Waals surface area contributed by atoms with Gasteiger partial charge < -0.3 is 47.5 Å². The number of carbonyl (C=O) groups is 12. The van der Waals surface area contributed by atoms with Crippen molar-refractivity contribution in [2.45, 2.75) is 277 Å². The molecule has 0 aromatic carbocycles. The maximum Gasteiger partial charge on any atom is 0.313 e. The number of anilines is 1. The molecule has 12 rings (SSSR count). The van der Waals surface area contributed by atoms with Crippen LogP contribution in [0.1, 0.15) is 301 Å². The van der Waals surface area contributed by atoms with E-state index < -0.39 is 11.5 Å². The summed E-state index contributed by atoms with van der Waals surface area (Å²) in [4.78, 5) is 152. The zero-order valence-corrected chi connectivity index (χ0v) is 84.0.